The van der Waals surface area contributed by atoms with Gasteiger partial charge in [-0.3, -0.25) is 14.4 Å². The maximum Gasteiger partial charge on any atom is 0.327 e. The lowest BCUT2D eigenvalue weighted by Crippen LogP contribution is -2.59. The number of rotatable bonds is 12. The zero-order chi connectivity index (χ0) is 22.7. The smallest absolute Gasteiger partial charge is 0.327 e. The van der Waals surface area contributed by atoms with Gasteiger partial charge in [0, 0.05) is 12.2 Å². The average molecular weight is 442 g/mol. The highest BCUT2D eigenvalue weighted by Gasteiger charge is 2.29. The molecule has 0 spiro atoms. The average Bonchev–Trinajstić information content (AvgIpc) is 2.74. The molecular weight excluding hydrogens is 416 g/mol. The Morgan fingerprint density at radius 1 is 0.867 bits per heavy atom. The van der Waals surface area contributed by atoms with Crippen molar-refractivity contribution in [1.29, 1.82) is 0 Å². The van der Waals surface area contributed by atoms with Crippen LogP contribution in [-0.2, 0) is 25.6 Å². The second-order valence-electron chi connectivity index (χ2n) is 6.37. The van der Waals surface area contributed by atoms with E-state index in [4.69, 9.17) is 15.9 Å². The van der Waals surface area contributed by atoms with Crippen LogP contribution in [0.2, 0.25) is 0 Å². The van der Waals surface area contributed by atoms with Crippen LogP contribution >= 0.6 is 12.6 Å². The predicted molar refractivity (Wildman–Crippen MR) is 110 cm³/mol. The number of carboxylic acid groups (broad SMARTS) is 1. The molecule has 0 aromatic heterocycles. The summed E-state index contributed by atoms with van der Waals surface area (Å²) in [6.45, 7) is -1.45. The third-order valence-electron chi connectivity index (χ3n) is 4.06. The molecule has 0 bridgehead atoms. The molecule has 30 heavy (non-hydrogen) atoms. The fourth-order valence-electron chi connectivity index (χ4n) is 2.34. The number of amides is 3. The molecule has 166 valence electrons. The van der Waals surface area contributed by atoms with E-state index in [-0.39, 0.29) is 12.2 Å². The molecule has 4 atom stereocenters. The van der Waals surface area contributed by atoms with Crippen LogP contribution in [0.5, 0.6) is 0 Å². The highest BCUT2D eigenvalue weighted by atomic mass is 32.1. The molecule has 0 fully saturated rings. The molecule has 1 aromatic carbocycles. The Kier molecular flexibility index (Phi) is 10.8. The first-order valence-corrected chi connectivity index (χ1v) is 9.62. The predicted octanol–water partition coefficient (Wildman–Crippen LogP) is -2.99. The van der Waals surface area contributed by atoms with Crippen LogP contribution in [0.3, 0.4) is 0 Å². The zero-order valence-corrected chi connectivity index (χ0v) is 16.9. The van der Waals surface area contributed by atoms with Gasteiger partial charge in [-0.2, -0.15) is 12.6 Å². The Morgan fingerprint density at radius 3 is 1.90 bits per heavy atom. The SMILES string of the molecule is NC(CO)C(=O)NC(CO)C(=O)NC(Cc1ccccc1)C(=O)NC(CS)C(=O)O. The molecule has 0 saturated heterocycles. The van der Waals surface area contributed by atoms with Crippen LogP contribution in [0.1, 0.15) is 5.56 Å². The van der Waals surface area contributed by atoms with Crippen LogP contribution < -0.4 is 21.7 Å². The molecule has 3 amide bonds. The van der Waals surface area contributed by atoms with Crippen molar-refractivity contribution in [3.63, 3.8) is 0 Å². The lowest BCUT2D eigenvalue weighted by molar-refractivity contribution is -0.141. The monoisotopic (exact) mass is 442 g/mol. The molecule has 0 aliphatic carbocycles. The summed E-state index contributed by atoms with van der Waals surface area (Å²) in [5.74, 6) is -3.98. The van der Waals surface area contributed by atoms with E-state index < -0.39 is 61.1 Å². The number of aliphatic hydroxyl groups is 2. The van der Waals surface area contributed by atoms with Crippen molar-refractivity contribution in [2.45, 2.75) is 30.6 Å². The van der Waals surface area contributed by atoms with E-state index in [9.17, 15) is 24.3 Å². The number of aliphatic carboxylic acids is 1. The Morgan fingerprint density at radius 2 is 1.40 bits per heavy atom. The summed E-state index contributed by atoms with van der Waals surface area (Å²) in [5, 5.41) is 34.3. The highest BCUT2D eigenvalue weighted by molar-refractivity contribution is 7.80. The molecule has 1 rings (SSSR count). The number of nitrogens with one attached hydrogen (secondary N) is 3. The number of carbonyl (C=O) groups excluding carboxylic acids is 3. The summed E-state index contributed by atoms with van der Waals surface area (Å²) in [5.41, 5.74) is 6.05. The van der Waals surface area contributed by atoms with E-state index in [1.54, 1.807) is 30.3 Å². The minimum Gasteiger partial charge on any atom is -0.480 e. The summed E-state index contributed by atoms with van der Waals surface area (Å²) in [4.78, 5) is 48.1. The molecular formula is C18H26N4O7S. The Labute approximate surface area is 178 Å². The van der Waals surface area contributed by atoms with Crippen LogP contribution in [-0.4, -0.2) is 82.1 Å². The lowest BCUT2D eigenvalue weighted by atomic mass is 10.0. The number of hydrogen-bond acceptors (Lipinski definition) is 8. The Bertz CT molecular complexity index is 735. The lowest BCUT2D eigenvalue weighted by Gasteiger charge is -2.24. The molecule has 0 radical (unpaired) electrons. The van der Waals surface area contributed by atoms with E-state index in [1.165, 1.54) is 0 Å². The normalized spacial score (nSPS) is 14.7. The number of hydrogen-bond donors (Lipinski definition) is 8. The standard InChI is InChI=1S/C18H26N4O7S/c19-11(7-23)15(25)21-13(8-24)17(27)20-12(6-10-4-2-1-3-5-10)16(26)22-14(9-30)18(28)29/h1-5,11-14,23-24,30H,6-9,19H2,(H,20,27)(H,21,25)(H,22,26)(H,28,29). The van der Waals surface area contributed by atoms with Crippen LogP contribution in [0.15, 0.2) is 30.3 Å². The second-order valence-corrected chi connectivity index (χ2v) is 6.73. The topological polar surface area (TPSA) is 191 Å². The van der Waals surface area contributed by atoms with Gasteiger partial charge in [-0.1, -0.05) is 30.3 Å². The summed E-state index contributed by atoms with van der Waals surface area (Å²) < 4.78 is 0. The van der Waals surface area contributed by atoms with E-state index in [2.05, 4.69) is 28.6 Å². The number of thiol groups is 1. The third-order valence-corrected chi connectivity index (χ3v) is 4.43. The van der Waals surface area contributed by atoms with E-state index in [0.717, 1.165) is 0 Å². The Hall–Kier alpha value is -2.67. The van der Waals surface area contributed by atoms with Gasteiger partial charge >= 0.3 is 5.97 Å². The van der Waals surface area contributed by atoms with Crippen molar-refractivity contribution in [1.82, 2.24) is 16.0 Å². The third kappa shape index (κ3) is 7.99. The van der Waals surface area contributed by atoms with Crippen LogP contribution in [0.25, 0.3) is 0 Å². The molecule has 12 heteroatoms. The summed E-state index contributed by atoms with van der Waals surface area (Å²) >= 11 is 3.89. The van der Waals surface area contributed by atoms with Crippen molar-refractivity contribution in [3.05, 3.63) is 35.9 Å². The molecule has 0 saturated carbocycles. The number of nitrogens with two attached hydrogens (primary N) is 1. The molecule has 8 N–H and O–H groups in total. The van der Waals surface area contributed by atoms with Gasteiger partial charge in [0.2, 0.25) is 17.7 Å². The van der Waals surface area contributed by atoms with Crippen molar-refractivity contribution < 1.29 is 34.5 Å². The van der Waals surface area contributed by atoms with Gasteiger partial charge in [0.05, 0.1) is 13.2 Å². The molecule has 11 nitrogen and oxygen atoms in total. The molecule has 4 unspecified atom stereocenters. The molecule has 1 aromatic rings. The number of carbonyl (C=O) groups is 4. The van der Waals surface area contributed by atoms with Gasteiger partial charge in [0.15, 0.2) is 0 Å². The minimum atomic E-state index is -1.43. The first kappa shape index (κ1) is 25.4. The maximum absolute atomic E-state index is 12.6. The first-order valence-electron chi connectivity index (χ1n) is 8.99. The fraction of sp³-hybridized carbons (Fsp3) is 0.444. The highest BCUT2D eigenvalue weighted by Crippen LogP contribution is 2.05. The molecule has 0 heterocycles. The van der Waals surface area contributed by atoms with Gasteiger partial charge in [-0.25, -0.2) is 4.79 Å². The number of aliphatic hydroxyl groups excluding tert-OH is 2. The first-order chi connectivity index (χ1) is 14.2. The second kappa shape index (κ2) is 12.8. The number of benzene rings is 1. The summed E-state index contributed by atoms with van der Waals surface area (Å²) in [6, 6.07) is 3.46. The summed E-state index contributed by atoms with van der Waals surface area (Å²) in [6.07, 6.45) is 0.0274. The molecule has 0 aliphatic heterocycles. The minimum absolute atomic E-state index is 0.0274. The molecule has 0 aliphatic rings. The Balaban J connectivity index is 2.97. The van der Waals surface area contributed by atoms with Crippen LogP contribution in [0, 0.1) is 0 Å². The number of carboxylic acids is 1. The van der Waals surface area contributed by atoms with Crippen LogP contribution in [0.4, 0.5) is 0 Å². The summed E-state index contributed by atoms with van der Waals surface area (Å²) in [7, 11) is 0. The van der Waals surface area contributed by atoms with Crippen molar-refractivity contribution in [3.8, 4) is 0 Å². The van der Waals surface area contributed by atoms with Gasteiger partial charge in [0.1, 0.15) is 24.2 Å². The van der Waals surface area contributed by atoms with E-state index >= 15 is 0 Å². The van der Waals surface area contributed by atoms with Gasteiger partial charge in [-0.15, -0.1) is 0 Å². The van der Waals surface area contributed by atoms with E-state index in [1.807, 2.05) is 0 Å². The fourth-order valence-corrected chi connectivity index (χ4v) is 2.59. The maximum atomic E-state index is 12.6. The van der Waals surface area contributed by atoms with Crippen molar-refractivity contribution >= 4 is 36.3 Å². The van der Waals surface area contributed by atoms with Gasteiger partial charge < -0.3 is 37.0 Å². The van der Waals surface area contributed by atoms with Gasteiger partial charge in [0.25, 0.3) is 0 Å². The van der Waals surface area contributed by atoms with Crippen molar-refractivity contribution in [2.75, 3.05) is 19.0 Å². The van der Waals surface area contributed by atoms with E-state index in [0.29, 0.717) is 5.56 Å². The zero-order valence-electron chi connectivity index (χ0n) is 16.0. The van der Waals surface area contributed by atoms with Crippen molar-refractivity contribution in [2.24, 2.45) is 5.73 Å². The van der Waals surface area contributed by atoms with Gasteiger partial charge in [-0.05, 0) is 5.56 Å². The quantitative estimate of drug-likeness (QED) is 0.157. The largest absolute Gasteiger partial charge is 0.480 e.